The number of hydrogen-bond acceptors (Lipinski definition) is 6. The van der Waals surface area contributed by atoms with Gasteiger partial charge in [-0.3, -0.25) is 19.9 Å². The number of aromatic amines is 2. The van der Waals surface area contributed by atoms with Crippen molar-refractivity contribution in [2.75, 3.05) is 5.32 Å². The number of pyridine rings is 2. The predicted molar refractivity (Wildman–Crippen MR) is 134 cm³/mol. The van der Waals surface area contributed by atoms with Crippen molar-refractivity contribution in [1.82, 2.24) is 30.1 Å². The van der Waals surface area contributed by atoms with E-state index in [-0.39, 0.29) is 5.91 Å². The number of imidazole rings is 1. The number of nitrogens with zero attached hydrogens (tertiary/aromatic N) is 4. The smallest absolute Gasteiger partial charge is 0.224 e. The number of fused-ring (bicyclic) bond motifs is 2. The number of benzene rings is 1. The molecule has 0 aliphatic rings. The van der Waals surface area contributed by atoms with E-state index in [0.29, 0.717) is 51.2 Å². The van der Waals surface area contributed by atoms with Gasteiger partial charge in [0.15, 0.2) is 5.82 Å². The molecule has 5 heterocycles. The molecule has 0 saturated heterocycles. The molecule has 172 valence electrons. The maximum absolute atomic E-state index is 15.9. The van der Waals surface area contributed by atoms with Crippen LogP contribution in [0, 0.1) is 5.82 Å². The Morgan fingerprint density at radius 1 is 1.14 bits per heavy atom. The van der Waals surface area contributed by atoms with E-state index in [0.717, 1.165) is 16.1 Å². The van der Waals surface area contributed by atoms with Crippen molar-refractivity contribution >= 4 is 44.9 Å². The summed E-state index contributed by atoms with van der Waals surface area (Å²) in [6, 6.07) is 10.9. The van der Waals surface area contributed by atoms with Crippen molar-refractivity contribution in [3.05, 3.63) is 66.2 Å². The van der Waals surface area contributed by atoms with Crippen molar-refractivity contribution in [2.24, 2.45) is 0 Å². The van der Waals surface area contributed by atoms with Crippen molar-refractivity contribution in [1.29, 1.82) is 0 Å². The second kappa shape index (κ2) is 8.41. The van der Waals surface area contributed by atoms with Crippen LogP contribution in [-0.4, -0.2) is 36.0 Å². The molecular formula is C25H18FN7OS. The molecule has 6 aromatic rings. The van der Waals surface area contributed by atoms with E-state index < -0.39 is 5.82 Å². The monoisotopic (exact) mass is 483 g/mol. The molecule has 6 rings (SSSR count). The molecule has 8 nitrogen and oxygen atoms in total. The molecule has 3 N–H and O–H groups in total. The molecule has 0 bridgehead atoms. The van der Waals surface area contributed by atoms with Crippen LogP contribution < -0.4 is 5.32 Å². The number of nitrogens with one attached hydrogen (secondary N) is 3. The topological polar surface area (TPSA) is 112 Å². The average molecular weight is 484 g/mol. The molecule has 0 fully saturated rings. The summed E-state index contributed by atoms with van der Waals surface area (Å²) in [5, 5.41) is 12.3. The van der Waals surface area contributed by atoms with Gasteiger partial charge in [0, 0.05) is 29.9 Å². The zero-order valence-electron chi connectivity index (χ0n) is 18.5. The fraction of sp³-hybridized carbons (Fsp3) is 0.0800. The van der Waals surface area contributed by atoms with Crippen LogP contribution in [0.15, 0.2) is 60.4 Å². The molecule has 1 aromatic carbocycles. The highest BCUT2D eigenvalue weighted by molar-refractivity contribution is 7.13. The van der Waals surface area contributed by atoms with Gasteiger partial charge in [-0.2, -0.15) is 5.10 Å². The first kappa shape index (κ1) is 21.1. The Balaban J connectivity index is 1.48. The molecule has 0 unspecified atom stereocenters. The average Bonchev–Trinajstić information content (AvgIpc) is 3.63. The molecule has 0 atom stereocenters. The van der Waals surface area contributed by atoms with Crippen molar-refractivity contribution < 1.29 is 9.18 Å². The summed E-state index contributed by atoms with van der Waals surface area (Å²) < 4.78 is 15.9. The minimum absolute atomic E-state index is 0.140. The summed E-state index contributed by atoms with van der Waals surface area (Å²) in [7, 11) is 0. The standard InChI is InChI=1S/C25H18FN7OS/c1-2-19(34)29-14-10-13(11-27-12-14)15-5-6-16-20(21(15)26)24(33-32-16)25-30-17-7-8-28-23(22(17)31-25)18-4-3-9-35-18/h3-12H,2H2,1H3,(H,29,34)(H,30,31)(H,32,33). The van der Waals surface area contributed by atoms with Gasteiger partial charge in [-0.15, -0.1) is 11.3 Å². The molecule has 0 spiro atoms. The Morgan fingerprint density at radius 2 is 2.06 bits per heavy atom. The van der Waals surface area contributed by atoms with Gasteiger partial charge in [0.2, 0.25) is 5.91 Å². The maximum atomic E-state index is 15.9. The number of anilines is 1. The first-order chi connectivity index (χ1) is 17.1. The van der Waals surface area contributed by atoms with Gasteiger partial charge in [-0.05, 0) is 35.7 Å². The van der Waals surface area contributed by atoms with Crippen LogP contribution in [0.2, 0.25) is 0 Å². The number of H-pyrrole nitrogens is 2. The molecule has 0 aliphatic carbocycles. The summed E-state index contributed by atoms with van der Waals surface area (Å²) in [5.74, 6) is -0.155. The van der Waals surface area contributed by atoms with E-state index in [2.05, 4.69) is 30.5 Å². The Kier molecular flexibility index (Phi) is 5.07. The first-order valence-corrected chi connectivity index (χ1v) is 11.8. The van der Waals surface area contributed by atoms with Gasteiger partial charge in [0.25, 0.3) is 0 Å². The van der Waals surface area contributed by atoms with Crippen molar-refractivity contribution in [3.63, 3.8) is 0 Å². The highest BCUT2D eigenvalue weighted by atomic mass is 32.1. The largest absolute Gasteiger partial charge is 0.336 e. The number of thiophene rings is 1. The second-order valence-electron chi connectivity index (χ2n) is 7.90. The zero-order valence-corrected chi connectivity index (χ0v) is 19.3. The molecule has 0 aliphatic heterocycles. The second-order valence-corrected chi connectivity index (χ2v) is 8.85. The van der Waals surface area contributed by atoms with Crippen LogP contribution >= 0.6 is 11.3 Å². The first-order valence-electron chi connectivity index (χ1n) is 10.9. The Bertz CT molecular complexity index is 1700. The quantitative estimate of drug-likeness (QED) is 0.288. The van der Waals surface area contributed by atoms with Crippen LogP contribution in [-0.2, 0) is 4.79 Å². The Hall–Kier alpha value is -4.44. The number of carbonyl (C=O) groups excluding carboxylic acids is 1. The fourth-order valence-corrected chi connectivity index (χ4v) is 4.74. The van der Waals surface area contributed by atoms with Crippen molar-refractivity contribution in [3.8, 4) is 33.2 Å². The molecule has 0 radical (unpaired) electrons. The summed E-state index contributed by atoms with van der Waals surface area (Å²) in [6.07, 6.45) is 5.15. The third-order valence-corrected chi connectivity index (χ3v) is 6.58. The SMILES string of the molecule is CCC(=O)Nc1cncc(-c2ccc3[nH]nc(-c4nc5c(-c6cccs6)nccc5[nH]4)c3c2F)c1. The van der Waals surface area contributed by atoms with Gasteiger partial charge < -0.3 is 10.3 Å². The molecular weight excluding hydrogens is 465 g/mol. The normalized spacial score (nSPS) is 11.4. The van der Waals surface area contributed by atoms with E-state index in [9.17, 15) is 4.79 Å². The molecule has 0 saturated carbocycles. The van der Waals surface area contributed by atoms with Crippen LogP contribution in [0.1, 0.15) is 13.3 Å². The van der Waals surface area contributed by atoms with Crippen LogP contribution in [0.3, 0.4) is 0 Å². The van der Waals surface area contributed by atoms with Crippen LogP contribution in [0.5, 0.6) is 0 Å². The van der Waals surface area contributed by atoms with E-state index in [1.807, 2.05) is 23.6 Å². The number of aromatic nitrogens is 6. The molecule has 35 heavy (non-hydrogen) atoms. The summed E-state index contributed by atoms with van der Waals surface area (Å²) in [5.41, 5.74) is 4.55. The lowest BCUT2D eigenvalue weighted by Crippen LogP contribution is -2.09. The number of amides is 1. The van der Waals surface area contributed by atoms with E-state index in [1.165, 1.54) is 6.20 Å². The third kappa shape index (κ3) is 3.64. The van der Waals surface area contributed by atoms with Gasteiger partial charge in [0.05, 0.1) is 33.2 Å². The van der Waals surface area contributed by atoms with Gasteiger partial charge in [-0.25, -0.2) is 9.37 Å². The van der Waals surface area contributed by atoms with Crippen LogP contribution in [0.4, 0.5) is 10.1 Å². The van der Waals surface area contributed by atoms with Gasteiger partial charge >= 0.3 is 0 Å². The van der Waals surface area contributed by atoms with E-state index in [4.69, 9.17) is 4.98 Å². The summed E-state index contributed by atoms with van der Waals surface area (Å²) in [4.78, 5) is 29.4. The third-order valence-electron chi connectivity index (χ3n) is 5.70. The lowest BCUT2D eigenvalue weighted by atomic mass is 10.0. The van der Waals surface area contributed by atoms with Crippen LogP contribution in [0.25, 0.3) is 55.2 Å². The fourth-order valence-electron chi connectivity index (χ4n) is 4.01. The highest BCUT2D eigenvalue weighted by Crippen LogP contribution is 2.35. The molecule has 5 aromatic heterocycles. The molecule has 1 amide bonds. The van der Waals surface area contributed by atoms with Crippen molar-refractivity contribution in [2.45, 2.75) is 13.3 Å². The maximum Gasteiger partial charge on any atom is 0.224 e. The predicted octanol–water partition coefficient (Wildman–Crippen LogP) is 5.78. The highest BCUT2D eigenvalue weighted by Gasteiger charge is 2.21. The Labute approximate surface area is 202 Å². The minimum atomic E-state index is -0.455. The summed E-state index contributed by atoms with van der Waals surface area (Å²) in [6.45, 7) is 1.76. The van der Waals surface area contributed by atoms with E-state index >= 15 is 4.39 Å². The zero-order chi connectivity index (χ0) is 23.9. The lowest BCUT2D eigenvalue weighted by molar-refractivity contribution is -0.115. The van der Waals surface area contributed by atoms with Gasteiger partial charge in [0.1, 0.15) is 22.7 Å². The molecule has 10 heteroatoms. The Morgan fingerprint density at radius 3 is 2.89 bits per heavy atom. The number of carbonyl (C=O) groups is 1. The number of halogens is 1. The lowest BCUT2D eigenvalue weighted by Gasteiger charge is -2.08. The number of hydrogen-bond donors (Lipinski definition) is 3. The van der Waals surface area contributed by atoms with Gasteiger partial charge in [-0.1, -0.05) is 13.0 Å². The van der Waals surface area contributed by atoms with E-state index in [1.54, 1.807) is 48.9 Å². The summed E-state index contributed by atoms with van der Waals surface area (Å²) >= 11 is 1.58. The minimum Gasteiger partial charge on any atom is -0.336 e. The number of rotatable bonds is 5.